The predicted octanol–water partition coefficient (Wildman–Crippen LogP) is 2.22. The van der Waals surface area contributed by atoms with Crippen LogP contribution in [0, 0.1) is 0 Å². The molecule has 1 saturated heterocycles. The Morgan fingerprint density at radius 1 is 1.41 bits per heavy atom. The Labute approximate surface area is 104 Å². The van der Waals surface area contributed by atoms with Crippen LogP contribution in [0.1, 0.15) is 38.9 Å². The van der Waals surface area contributed by atoms with Crippen LogP contribution in [0.2, 0.25) is 0 Å². The smallest absolute Gasteiger partial charge is 0.0572 e. The van der Waals surface area contributed by atoms with Gasteiger partial charge in [-0.15, -0.1) is 0 Å². The lowest BCUT2D eigenvalue weighted by Crippen LogP contribution is -2.46. The molecule has 0 amide bonds. The molecule has 1 fully saturated rings. The summed E-state index contributed by atoms with van der Waals surface area (Å²) >= 11 is 0. The van der Waals surface area contributed by atoms with Crippen LogP contribution in [-0.4, -0.2) is 35.1 Å². The molecule has 3 heteroatoms. The number of pyridine rings is 1. The number of rotatable bonds is 2. The van der Waals surface area contributed by atoms with Crippen LogP contribution in [0.4, 0.5) is 0 Å². The van der Waals surface area contributed by atoms with Gasteiger partial charge in [0.15, 0.2) is 0 Å². The van der Waals surface area contributed by atoms with Crippen LogP contribution in [0.15, 0.2) is 24.4 Å². The van der Waals surface area contributed by atoms with Crippen LogP contribution in [0.25, 0.3) is 0 Å². The topological polar surface area (TPSA) is 28.2 Å². The van der Waals surface area contributed by atoms with E-state index < -0.39 is 0 Å². The molecule has 0 aromatic carbocycles. The maximum absolute atomic E-state index is 4.47. The minimum atomic E-state index is 0.194. The highest BCUT2D eigenvalue weighted by molar-refractivity contribution is 5.08. The molecular formula is C14H23N3. The molecule has 0 saturated carbocycles. The highest BCUT2D eigenvalue weighted by atomic mass is 15.2. The first kappa shape index (κ1) is 12.5. The van der Waals surface area contributed by atoms with Crippen molar-refractivity contribution in [2.24, 2.45) is 0 Å². The van der Waals surface area contributed by atoms with Gasteiger partial charge in [0.25, 0.3) is 0 Å². The molecule has 2 rings (SSSR count). The van der Waals surface area contributed by atoms with Gasteiger partial charge < -0.3 is 5.32 Å². The minimum Gasteiger partial charge on any atom is -0.310 e. The molecule has 1 N–H and O–H groups in total. The van der Waals surface area contributed by atoms with Crippen LogP contribution in [0.5, 0.6) is 0 Å². The van der Waals surface area contributed by atoms with E-state index in [0.717, 1.165) is 19.6 Å². The quantitative estimate of drug-likeness (QED) is 0.849. The third-order valence-electron chi connectivity index (χ3n) is 3.49. The van der Waals surface area contributed by atoms with E-state index in [9.17, 15) is 0 Å². The third kappa shape index (κ3) is 3.27. The molecule has 1 unspecified atom stereocenters. The fourth-order valence-corrected chi connectivity index (χ4v) is 2.49. The van der Waals surface area contributed by atoms with Gasteiger partial charge >= 0.3 is 0 Å². The summed E-state index contributed by atoms with van der Waals surface area (Å²) in [5, 5.41) is 3.60. The summed E-state index contributed by atoms with van der Waals surface area (Å²) in [6.07, 6.45) is 3.09. The van der Waals surface area contributed by atoms with E-state index >= 15 is 0 Å². The number of aromatic nitrogens is 1. The fraction of sp³-hybridized carbons (Fsp3) is 0.643. The molecular weight excluding hydrogens is 210 g/mol. The second-order valence-electron chi connectivity index (χ2n) is 5.57. The SMILES string of the molecule is CC(c1ccccn1)N1CCCNC(C)(C)C1. The summed E-state index contributed by atoms with van der Waals surface area (Å²) in [6.45, 7) is 10.1. The van der Waals surface area contributed by atoms with Crippen molar-refractivity contribution in [2.75, 3.05) is 19.6 Å². The van der Waals surface area contributed by atoms with E-state index in [1.165, 1.54) is 12.1 Å². The zero-order valence-corrected chi connectivity index (χ0v) is 11.1. The summed E-state index contributed by atoms with van der Waals surface area (Å²) in [5.74, 6) is 0. The van der Waals surface area contributed by atoms with Crippen molar-refractivity contribution in [1.82, 2.24) is 15.2 Å². The average molecular weight is 233 g/mol. The molecule has 0 bridgehead atoms. The number of nitrogens with one attached hydrogen (secondary N) is 1. The van der Waals surface area contributed by atoms with Gasteiger partial charge in [-0.05, 0) is 45.9 Å². The van der Waals surface area contributed by atoms with E-state index in [1.807, 2.05) is 12.3 Å². The zero-order chi connectivity index (χ0) is 12.3. The second-order valence-corrected chi connectivity index (χ2v) is 5.57. The normalized spacial score (nSPS) is 23.0. The van der Waals surface area contributed by atoms with Gasteiger partial charge in [0.05, 0.1) is 5.69 Å². The molecule has 2 heterocycles. The van der Waals surface area contributed by atoms with Crippen molar-refractivity contribution < 1.29 is 0 Å². The van der Waals surface area contributed by atoms with E-state index in [0.29, 0.717) is 6.04 Å². The monoisotopic (exact) mass is 233 g/mol. The molecule has 1 aromatic heterocycles. The first-order valence-corrected chi connectivity index (χ1v) is 6.48. The van der Waals surface area contributed by atoms with Crippen LogP contribution in [-0.2, 0) is 0 Å². The lowest BCUT2D eigenvalue weighted by Gasteiger charge is -2.33. The molecule has 3 nitrogen and oxygen atoms in total. The Balaban J connectivity index is 2.10. The van der Waals surface area contributed by atoms with Crippen molar-refractivity contribution in [1.29, 1.82) is 0 Å². The van der Waals surface area contributed by atoms with Crippen LogP contribution >= 0.6 is 0 Å². The Bertz CT molecular complexity index is 348. The maximum atomic E-state index is 4.47. The number of nitrogens with zero attached hydrogens (tertiary/aromatic N) is 2. The third-order valence-corrected chi connectivity index (χ3v) is 3.49. The van der Waals surface area contributed by atoms with Gasteiger partial charge in [0.2, 0.25) is 0 Å². The standard InChI is InChI=1S/C14H23N3/c1-12(13-7-4-5-8-15-13)17-10-6-9-16-14(2,3)11-17/h4-5,7-8,12,16H,6,9-11H2,1-3H3. The van der Waals surface area contributed by atoms with E-state index in [-0.39, 0.29) is 5.54 Å². The van der Waals surface area contributed by atoms with Gasteiger partial charge in [-0.3, -0.25) is 9.88 Å². The van der Waals surface area contributed by atoms with Crippen molar-refractivity contribution >= 4 is 0 Å². The summed E-state index contributed by atoms with van der Waals surface area (Å²) in [6, 6.07) is 6.57. The van der Waals surface area contributed by atoms with E-state index in [1.54, 1.807) is 0 Å². The second kappa shape index (κ2) is 5.15. The zero-order valence-electron chi connectivity index (χ0n) is 11.1. The Hall–Kier alpha value is -0.930. The van der Waals surface area contributed by atoms with Gasteiger partial charge in [0.1, 0.15) is 0 Å². The maximum Gasteiger partial charge on any atom is 0.0572 e. The Morgan fingerprint density at radius 2 is 2.24 bits per heavy atom. The minimum absolute atomic E-state index is 0.194. The first-order chi connectivity index (χ1) is 8.08. The fourth-order valence-electron chi connectivity index (χ4n) is 2.49. The molecule has 17 heavy (non-hydrogen) atoms. The van der Waals surface area contributed by atoms with Crippen molar-refractivity contribution in [2.45, 2.75) is 38.8 Å². The number of hydrogen-bond donors (Lipinski definition) is 1. The van der Waals surface area contributed by atoms with Crippen LogP contribution < -0.4 is 5.32 Å². The van der Waals surface area contributed by atoms with Crippen molar-refractivity contribution in [3.8, 4) is 0 Å². The van der Waals surface area contributed by atoms with Gasteiger partial charge in [0, 0.05) is 30.9 Å². The van der Waals surface area contributed by atoms with Crippen LogP contribution in [0.3, 0.4) is 0 Å². The van der Waals surface area contributed by atoms with Crippen molar-refractivity contribution in [3.63, 3.8) is 0 Å². The summed E-state index contributed by atoms with van der Waals surface area (Å²) in [7, 11) is 0. The Morgan fingerprint density at radius 3 is 2.94 bits per heavy atom. The first-order valence-electron chi connectivity index (χ1n) is 6.48. The molecule has 1 aliphatic rings. The molecule has 1 aliphatic heterocycles. The van der Waals surface area contributed by atoms with Gasteiger partial charge in [-0.1, -0.05) is 6.07 Å². The van der Waals surface area contributed by atoms with E-state index in [2.05, 4.69) is 48.1 Å². The highest BCUT2D eigenvalue weighted by Crippen LogP contribution is 2.22. The summed E-state index contributed by atoms with van der Waals surface area (Å²) in [5.41, 5.74) is 1.37. The Kier molecular flexibility index (Phi) is 3.79. The predicted molar refractivity (Wildman–Crippen MR) is 70.9 cm³/mol. The van der Waals surface area contributed by atoms with Crippen molar-refractivity contribution in [3.05, 3.63) is 30.1 Å². The largest absolute Gasteiger partial charge is 0.310 e. The average Bonchev–Trinajstić information content (AvgIpc) is 2.50. The molecule has 0 aliphatic carbocycles. The van der Waals surface area contributed by atoms with Gasteiger partial charge in [-0.2, -0.15) is 0 Å². The van der Waals surface area contributed by atoms with E-state index in [4.69, 9.17) is 0 Å². The molecule has 0 spiro atoms. The lowest BCUT2D eigenvalue weighted by atomic mass is 10.0. The summed E-state index contributed by atoms with van der Waals surface area (Å²) < 4.78 is 0. The molecule has 94 valence electrons. The molecule has 1 aromatic rings. The summed E-state index contributed by atoms with van der Waals surface area (Å²) in [4.78, 5) is 7.00. The van der Waals surface area contributed by atoms with Gasteiger partial charge in [-0.25, -0.2) is 0 Å². The molecule has 1 atom stereocenters. The number of hydrogen-bond acceptors (Lipinski definition) is 3. The highest BCUT2D eigenvalue weighted by Gasteiger charge is 2.27. The lowest BCUT2D eigenvalue weighted by molar-refractivity contribution is 0.177. The molecule has 0 radical (unpaired) electrons.